The summed E-state index contributed by atoms with van der Waals surface area (Å²) in [4.78, 5) is 3.42. The van der Waals surface area contributed by atoms with Gasteiger partial charge in [0.15, 0.2) is 0 Å². The first kappa shape index (κ1) is 9.09. The lowest BCUT2D eigenvalue weighted by atomic mass is 10.1. The Labute approximate surface area is 70.0 Å². The summed E-state index contributed by atoms with van der Waals surface area (Å²) in [7, 11) is 0. The van der Waals surface area contributed by atoms with E-state index in [0.717, 1.165) is 0 Å². The van der Waals surface area contributed by atoms with Crippen LogP contribution in [0.3, 0.4) is 0 Å². The van der Waals surface area contributed by atoms with Gasteiger partial charge in [0.1, 0.15) is 0 Å². The van der Waals surface area contributed by atoms with Crippen LogP contribution in [0.25, 0.3) is 0 Å². The molecule has 0 aromatic carbocycles. The second-order valence-electron chi connectivity index (χ2n) is 2.65. The minimum absolute atomic E-state index is 0.243. The van der Waals surface area contributed by atoms with Crippen LogP contribution in [-0.4, -0.2) is 16.2 Å². The van der Waals surface area contributed by atoms with Gasteiger partial charge < -0.3 is 10.8 Å². The Balaban J connectivity index is 2.94. The molecule has 4 heteroatoms. The summed E-state index contributed by atoms with van der Waals surface area (Å²) in [5.74, 6) is -0.620. The molecule has 0 spiro atoms. The molecule has 0 amide bonds. The van der Waals surface area contributed by atoms with Crippen LogP contribution in [0.5, 0.6) is 0 Å². The molecule has 3 N–H and O–H groups in total. The van der Waals surface area contributed by atoms with Crippen molar-refractivity contribution in [2.45, 2.75) is 19.1 Å². The van der Waals surface area contributed by atoms with Crippen molar-refractivity contribution in [3.63, 3.8) is 0 Å². The summed E-state index contributed by atoms with van der Waals surface area (Å²) in [5.41, 5.74) is 5.75. The molecule has 0 aliphatic carbocycles. The van der Waals surface area contributed by atoms with Gasteiger partial charge in [0, 0.05) is 11.8 Å². The van der Waals surface area contributed by atoms with E-state index in [-0.39, 0.29) is 5.56 Å². The zero-order chi connectivity index (χ0) is 9.14. The summed E-state index contributed by atoms with van der Waals surface area (Å²) in [6.45, 7) is 1.51. The van der Waals surface area contributed by atoms with E-state index in [1.165, 1.54) is 19.2 Å². The monoisotopic (exact) mass is 170 g/mol. The zero-order valence-corrected chi connectivity index (χ0v) is 6.74. The maximum Gasteiger partial charge on any atom is 0.217 e. The maximum atomic E-state index is 12.9. The maximum absolute atomic E-state index is 12.9. The first-order valence-corrected chi connectivity index (χ1v) is 3.67. The lowest BCUT2D eigenvalue weighted by molar-refractivity contribution is 0.162. The molecular weight excluding hydrogens is 159 g/mol. The summed E-state index contributed by atoms with van der Waals surface area (Å²) >= 11 is 0. The summed E-state index contributed by atoms with van der Waals surface area (Å²) in [6.07, 6.45) is 0.567. The number of hydrogen-bond donors (Lipinski definition) is 2. The van der Waals surface area contributed by atoms with Crippen LogP contribution >= 0.6 is 0 Å². The van der Waals surface area contributed by atoms with Gasteiger partial charge in [0.2, 0.25) is 5.95 Å². The predicted octanol–water partition coefficient (Wildman–Crippen LogP) is 0.601. The fourth-order valence-corrected chi connectivity index (χ4v) is 0.907. The minimum Gasteiger partial charge on any atom is -0.391 e. The average molecular weight is 170 g/mol. The first-order valence-electron chi connectivity index (χ1n) is 3.67. The molecule has 66 valence electrons. The van der Waals surface area contributed by atoms with Crippen LogP contribution in [0.15, 0.2) is 18.3 Å². The molecule has 3 nitrogen and oxygen atoms in total. The Morgan fingerprint density at radius 1 is 1.67 bits per heavy atom. The van der Waals surface area contributed by atoms with Crippen molar-refractivity contribution in [1.82, 2.24) is 4.98 Å². The van der Waals surface area contributed by atoms with Crippen molar-refractivity contribution in [3.8, 4) is 0 Å². The lowest BCUT2D eigenvalue weighted by Crippen LogP contribution is -2.24. The Morgan fingerprint density at radius 3 is 2.83 bits per heavy atom. The van der Waals surface area contributed by atoms with E-state index >= 15 is 0 Å². The molecule has 0 unspecified atom stereocenters. The van der Waals surface area contributed by atoms with E-state index in [4.69, 9.17) is 10.8 Å². The molecule has 1 aromatic rings. The number of hydrogen-bond acceptors (Lipinski definition) is 3. The van der Waals surface area contributed by atoms with Gasteiger partial charge in [-0.25, -0.2) is 4.98 Å². The van der Waals surface area contributed by atoms with E-state index in [2.05, 4.69) is 4.98 Å². The van der Waals surface area contributed by atoms with E-state index < -0.39 is 18.1 Å². The molecule has 0 fully saturated rings. The standard InChI is InChI=1S/C8H11FN2O/c1-5(12)7(10)6-3-2-4-11-8(6)9/h2-5,7,12H,10H2,1H3/t5-,7-/m0/s1. The number of rotatable bonds is 2. The number of halogens is 1. The smallest absolute Gasteiger partial charge is 0.217 e. The summed E-state index contributed by atoms with van der Waals surface area (Å²) in [5, 5.41) is 9.08. The largest absolute Gasteiger partial charge is 0.391 e. The molecular formula is C8H11FN2O. The summed E-state index contributed by atoms with van der Waals surface area (Å²) < 4.78 is 12.9. The molecule has 0 saturated carbocycles. The van der Waals surface area contributed by atoms with Gasteiger partial charge in [-0.2, -0.15) is 4.39 Å². The van der Waals surface area contributed by atoms with Crippen LogP contribution in [0, 0.1) is 5.95 Å². The Hall–Kier alpha value is -1.00. The number of aliphatic hydroxyl groups is 1. The topological polar surface area (TPSA) is 59.1 Å². The lowest BCUT2D eigenvalue weighted by Gasteiger charge is -2.14. The molecule has 1 rings (SSSR count). The highest BCUT2D eigenvalue weighted by atomic mass is 19.1. The van der Waals surface area contributed by atoms with Gasteiger partial charge in [-0.15, -0.1) is 0 Å². The van der Waals surface area contributed by atoms with Gasteiger partial charge in [-0.1, -0.05) is 6.07 Å². The van der Waals surface area contributed by atoms with Crippen LogP contribution < -0.4 is 5.73 Å². The van der Waals surface area contributed by atoms with E-state index in [1.54, 1.807) is 6.07 Å². The van der Waals surface area contributed by atoms with Crippen molar-refractivity contribution >= 4 is 0 Å². The third kappa shape index (κ3) is 1.78. The van der Waals surface area contributed by atoms with Gasteiger partial charge in [-0.05, 0) is 13.0 Å². The number of aromatic nitrogens is 1. The second kappa shape index (κ2) is 3.60. The molecule has 0 bridgehead atoms. The van der Waals surface area contributed by atoms with Crippen molar-refractivity contribution in [2.24, 2.45) is 5.73 Å². The number of pyridine rings is 1. The highest BCUT2D eigenvalue weighted by Gasteiger charge is 2.15. The Bertz CT molecular complexity index is 265. The van der Waals surface area contributed by atoms with Crippen LogP contribution in [0.1, 0.15) is 18.5 Å². The number of nitrogens with zero attached hydrogens (tertiary/aromatic N) is 1. The molecule has 12 heavy (non-hydrogen) atoms. The first-order chi connectivity index (χ1) is 5.63. The Kier molecular flexibility index (Phi) is 2.73. The second-order valence-corrected chi connectivity index (χ2v) is 2.65. The van der Waals surface area contributed by atoms with Crippen molar-refractivity contribution in [1.29, 1.82) is 0 Å². The van der Waals surface area contributed by atoms with Gasteiger partial charge in [0.05, 0.1) is 12.1 Å². The third-order valence-corrected chi connectivity index (χ3v) is 1.67. The highest BCUT2D eigenvalue weighted by molar-refractivity contribution is 5.16. The van der Waals surface area contributed by atoms with Crippen molar-refractivity contribution in [2.75, 3.05) is 0 Å². The average Bonchev–Trinajstić information content (AvgIpc) is 2.04. The SMILES string of the molecule is C[C@H](O)[C@H](N)c1cccnc1F. The normalized spacial score (nSPS) is 15.7. The fourth-order valence-electron chi connectivity index (χ4n) is 0.907. The zero-order valence-electron chi connectivity index (χ0n) is 6.74. The predicted molar refractivity (Wildman–Crippen MR) is 42.8 cm³/mol. The number of nitrogens with two attached hydrogens (primary N) is 1. The molecule has 1 heterocycles. The van der Waals surface area contributed by atoms with Gasteiger partial charge in [0.25, 0.3) is 0 Å². The third-order valence-electron chi connectivity index (χ3n) is 1.67. The minimum atomic E-state index is -0.774. The van der Waals surface area contributed by atoms with E-state index in [1.807, 2.05) is 0 Å². The Morgan fingerprint density at radius 2 is 2.33 bits per heavy atom. The number of aliphatic hydroxyl groups excluding tert-OH is 1. The van der Waals surface area contributed by atoms with Crippen LogP contribution in [0.4, 0.5) is 4.39 Å². The van der Waals surface area contributed by atoms with Crippen LogP contribution in [-0.2, 0) is 0 Å². The fraction of sp³-hybridized carbons (Fsp3) is 0.375. The highest BCUT2D eigenvalue weighted by Crippen LogP contribution is 2.15. The van der Waals surface area contributed by atoms with Crippen LogP contribution in [0.2, 0.25) is 0 Å². The quantitative estimate of drug-likeness (QED) is 0.639. The molecule has 0 aliphatic rings. The molecule has 1 aromatic heterocycles. The van der Waals surface area contributed by atoms with Gasteiger partial charge >= 0.3 is 0 Å². The van der Waals surface area contributed by atoms with E-state index in [9.17, 15) is 4.39 Å². The van der Waals surface area contributed by atoms with Crippen molar-refractivity contribution < 1.29 is 9.50 Å². The molecule has 0 aliphatic heterocycles. The summed E-state index contributed by atoms with van der Waals surface area (Å²) in [6, 6.07) is 2.39. The molecule has 0 radical (unpaired) electrons. The van der Waals surface area contributed by atoms with Gasteiger partial charge in [-0.3, -0.25) is 0 Å². The van der Waals surface area contributed by atoms with E-state index in [0.29, 0.717) is 0 Å². The molecule has 0 saturated heterocycles. The molecule has 2 atom stereocenters. The van der Waals surface area contributed by atoms with Crippen molar-refractivity contribution in [3.05, 3.63) is 29.8 Å².